The molecule has 3 amide bonds. The second kappa shape index (κ2) is 12.5. The third-order valence-electron chi connectivity index (χ3n) is 3.74. The molecule has 0 rings (SSSR count). The zero-order valence-electron chi connectivity index (χ0n) is 16.0. The van der Waals surface area contributed by atoms with Crippen LogP contribution in [0.5, 0.6) is 0 Å². The van der Waals surface area contributed by atoms with Crippen LogP contribution in [0.1, 0.15) is 27.2 Å². The molecule has 4 unspecified atom stereocenters. The van der Waals surface area contributed by atoms with Crippen molar-refractivity contribution in [3.8, 4) is 0 Å². The lowest BCUT2D eigenvalue weighted by atomic mass is 10.0. The number of carboxylic acid groups (broad SMARTS) is 1. The Morgan fingerprint density at radius 2 is 1.67 bits per heavy atom. The molecule has 0 aliphatic rings. The summed E-state index contributed by atoms with van der Waals surface area (Å²) in [4.78, 5) is 47.2. The average Bonchev–Trinajstić information content (AvgIpc) is 2.59. The highest BCUT2D eigenvalue weighted by molar-refractivity contribution is 7.98. The van der Waals surface area contributed by atoms with Crippen molar-refractivity contribution in [1.29, 1.82) is 0 Å². The molecular formula is C16H30N4O6S. The van der Waals surface area contributed by atoms with Crippen LogP contribution in [-0.2, 0) is 19.2 Å². The second-order valence-electron chi connectivity index (χ2n) is 6.45. The summed E-state index contributed by atoms with van der Waals surface area (Å²) in [5, 5.41) is 25.6. The Balaban J connectivity index is 4.70. The first kappa shape index (κ1) is 25.1. The summed E-state index contributed by atoms with van der Waals surface area (Å²) in [5.41, 5.74) is 5.54. The monoisotopic (exact) mass is 406 g/mol. The fourth-order valence-electron chi connectivity index (χ4n) is 2.02. The van der Waals surface area contributed by atoms with Gasteiger partial charge in [-0.3, -0.25) is 14.4 Å². The van der Waals surface area contributed by atoms with Crippen molar-refractivity contribution in [1.82, 2.24) is 16.0 Å². The molecule has 0 radical (unpaired) electrons. The van der Waals surface area contributed by atoms with Crippen LogP contribution in [0, 0.1) is 5.92 Å². The number of carbonyl (C=O) groups excluding carboxylic acids is 3. The van der Waals surface area contributed by atoms with Gasteiger partial charge in [-0.25, -0.2) is 4.79 Å². The van der Waals surface area contributed by atoms with E-state index in [-0.39, 0.29) is 12.3 Å². The van der Waals surface area contributed by atoms with E-state index in [9.17, 15) is 24.3 Å². The number of aliphatic hydroxyl groups is 1. The van der Waals surface area contributed by atoms with Gasteiger partial charge in [0.15, 0.2) is 0 Å². The van der Waals surface area contributed by atoms with Gasteiger partial charge in [-0.2, -0.15) is 11.8 Å². The normalized spacial score (nSPS) is 15.4. The van der Waals surface area contributed by atoms with Gasteiger partial charge in [0.2, 0.25) is 17.7 Å². The van der Waals surface area contributed by atoms with Crippen molar-refractivity contribution < 1.29 is 29.4 Å². The first-order valence-electron chi connectivity index (χ1n) is 8.54. The van der Waals surface area contributed by atoms with Crippen LogP contribution in [0.15, 0.2) is 0 Å². The van der Waals surface area contributed by atoms with Gasteiger partial charge in [-0.1, -0.05) is 13.8 Å². The predicted octanol–water partition coefficient (Wildman–Crippen LogP) is -1.73. The van der Waals surface area contributed by atoms with E-state index in [0.29, 0.717) is 5.75 Å². The fraction of sp³-hybridized carbons (Fsp3) is 0.750. The number of hydrogen-bond acceptors (Lipinski definition) is 7. The Kier molecular flexibility index (Phi) is 11.7. The molecule has 0 fully saturated rings. The van der Waals surface area contributed by atoms with Crippen LogP contribution < -0.4 is 21.7 Å². The molecule has 0 aliphatic heterocycles. The minimum Gasteiger partial charge on any atom is -0.480 e. The smallest absolute Gasteiger partial charge is 0.326 e. The van der Waals surface area contributed by atoms with Gasteiger partial charge >= 0.3 is 5.97 Å². The first-order valence-corrected chi connectivity index (χ1v) is 9.93. The van der Waals surface area contributed by atoms with Gasteiger partial charge in [0.05, 0.1) is 12.6 Å². The Labute approximate surface area is 163 Å². The van der Waals surface area contributed by atoms with Crippen LogP contribution in [0.3, 0.4) is 0 Å². The highest BCUT2D eigenvalue weighted by atomic mass is 32.2. The molecule has 0 aromatic heterocycles. The largest absolute Gasteiger partial charge is 0.480 e. The summed E-state index contributed by atoms with van der Waals surface area (Å²) < 4.78 is 0. The number of nitrogens with one attached hydrogen (secondary N) is 3. The van der Waals surface area contributed by atoms with Crippen LogP contribution in [0.2, 0.25) is 0 Å². The van der Waals surface area contributed by atoms with Crippen molar-refractivity contribution >= 4 is 35.5 Å². The van der Waals surface area contributed by atoms with Crippen molar-refractivity contribution in [3.05, 3.63) is 0 Å². The number of carboxylic acids is 1. The van der Waals surface area contributed by atoms with E-state index in [1.165, 1.54) is 18.7 Å². The highest BCUT2D eigenvalue weighted by Gasteiger charge is 2.28. The van der Waals surface area contributed by atoms with Gasteiger partial charge in [-0.05, 0) is 31.3 Å². The molecule has 0 spiro atoms. The summed E-state index contributed by atoms with van der Waals surface area (Å²) in [5.74, 6) is -2.83. The van der Waals surface area contributed by atoms with Gasteiger partial charge in [0.1, 0.15) is 18.1 Å². The minimum atomic E-state index is -1.19. The third kappa shape index (κ3) is 9.59. The molecule has 156 valence electrons. The van der Waals surface area contributed by atoms with E-state index in [1.54, 1.807) is 13.8 Å². The molecule has 27 heavy (non-hydrogen) atoms. The number of nitrogens with two attached hydrogens (primary N) is 1. The summed E-state index contributed by atoms with van der Waals surface area (Å²) in [6.07, 6.45) is 1.00. The molecule has 0 heterocycles. The molecule has 7 N–H and O–H groups in total. The maximum atomic E-state index is 12.3. The zero-order valence-corrected chi connectivity index (χ0v) is 16.8. The predicted molar refractivity (Wildman–Crippen MR) is 102 cm³/mol. The standard InChI is InChI=1S/C16H30N4O6S/c1-8(2)13(20-14(23)12(17)9(3)21)15(24)18-7-11(22)19-10(16(25)26)5-6-27-4/h8-10,12-13,21H,5-7,17H2,1-4H3,(H,18,24)(H,19,22)(H,20,23)(H,25,26). The summed E-state index contributed by atoms with van der Waals surface area (Å²) in [6.45, 7) is 4.32. The quantitative estimate of drug-likeness (QED) is 0.222. The third-order valence-corrected chi connectivity index (χ3v) is 4.38. The number of thioether (sulfide) groups is 1. The number of carbonyl (C=O) groups is 4. The van der Waals surface area contributed by atoms with E-state index in [4.69, 9.17) is 10.8 Å². The Morgan fingerprint density at radius 1 is 1.07 bits per heavy atom. The highest BCUT2D eigenvalue weighted by Crippen LogP contribution is 2.03. The zero-order chi connectivity index (χ0) is 21.1. The number of hydrogen-bond donors (Lipinski definition) is 6. The maximum Gasteiger partial charge on any atom is 0.326 e. The molecular weight excluding hydrogens is 376 g/mol. The maximum absolute atomic E-state index is 12.3. The van der Waals surface area contributed by atoms with Crippen LogP contribution >= 0.6 is 11.8 Å². The van der Waals surface area contributed by atoms with Crippen LogP contribution in [-0.4, -0.2) is 76.7 Å². The molecule has 0 bridgehead atoms. The van der Waals surface area contributed by atoms with Crippen molar-refractivity contribution in [2.45, 2.75) is 51.4 Å². The molecule has 0 aromatic rings. The van der Waals surface area contributed by atoms with E-state index < -0.39 is 54.5 Å². The lowest BCUT2D eigenvalue weighted by Gasteiger charge is -2.24. The molecule has 4 atom stereocenters. The lowest BCUT2D eigenvalue weighted by molar-refractivity contribution is -0.141. The second-order valence-corrected chi connectivity index (χ2v) is 7.44. The SMILES string of the molecule is CSCCC(NC(=O)CNC(=O)C(NC(=O)C(N)C(C)O)C(C)C)C(=O)O. The number of aliphatic hydroxyl groups excluding tert-OH is 1. The number of rotatable bonds is 12. The molecule has 0 aromatic carbocycles. The number of aliphatic carboxylic acids is 1. The van der Waals surface area contributed by atoms with Gasteiger partial charge in [0.25, 0.3) is 0 Å². The van der Waals surface area contributed by atoms with E-state index in [2.05, 4.69) is 16.0 Å². The molecule has 0 saturated carbocycles. The molecule has 10 nitrogen and oxygen atoms in total. The van der Waals surface area contributed by atoms with E-state index in [0.717, 1.165) is 0 Å². The average molecular weight is 407 g/mol. The van der Waals surface area contributed by atoms with Crippen molar-refractivity contribution in [2.75, 3.05) is 18.6 Å². The molecule has 0 aliphatic carbocycles. The van der Waals surface area contributed by atoms with Crippen molar-refractivity contribution in [3.63, 3.8) is 0 Å². The Bertz CT molecular complexity index is 529. The summed E-state index contributed by atoms with van der Waals surface area (Å²) in [6, 6.07) is -3.18. The first-order chi connectivity index (χ1) is 12.5. The molecule has 0 saturated heterocycles. The lowest BCUT2D eigenvalue weighted by Crippen LogP contribution is -2.57. The Morgan fingerprint density at radius 3 is 2.11 bits per heavy atom. The van der Waals surface area contributed by atoms with Crippen LogP contribution in [0.4, 0.5) is 0 Å². The topological polar surface area (TPSA) is 171 Å². The minimum absolute atomic E-state index is 0.262. The Hall–Kier alpha value is -1.85. The van der Waals surface area contributed by atoms with Gasteiger partial charge < -0.3 is 31.9 Å². The summed E-state index contributed by atoms with van der Waals surface area (Å²) in [7, 11) is 0. The van der Waals surface area contributed by atoms with Crippen molar-refractivity contribution in [2.24, 2.45) is 11.7 Å². The fourth-order valence-corrected chi connectivity index (χ4v) is 2.49. The van der Waals surface area contributed by atoms with Crippen LogP contribution in [0.25, 0.3) is 0 Å². The van der Waals surface area contributed by atoms with E-state index in [1.807, 2.05) is 6.26 Å². The number of amides is 3. The summed E-state index contributed by atoms with van der Waals surface area (Å²) >= 11 is 1.46. The van der Waals surface area contributed by atoms with E-state index >= 15 is 0 Å². The van der Waals surface area contributed by atoms with Gasteiger partial charge in [-0.15, -0.1) is 0 Å². The van der Waals surface area contributed by atoms with Gasteiger partial charge in [0, 0.05) is 0 Å². The molecule has 11 heteroatoms.